The highest BCUT2D eigenvalue weighted by Gasteiger charge is 2.28. The van der Waals surface area contributed by atoms with Crippen LogP contribution in [0.25, 0.3) is 32.9 Å². The standard InChI is InChI=1S/2C28H37N5OS.C22H34N4O.2ClH/c2*1-31(2)20-25-27(33-14-4-3-5-15-33)11-9-24-26(30-34-28(24)25)10-6-21-12-16-32(17-13-21)19-23-8-7-22(18-29)35-23;1-25(2)16-19-21(26-14-4-3-5-15-26)9-7-18-20(24-27-22(18)19)8-6-17-10-12-23-13-11-17;;/h2*7-9,11,21H,3-6,10,12-17,19-20H2,1-2H3;7,9,17,23H,3-6,8,10-16H2,1-2H3;2*1H. The van der Waals surface area contributed by atoms with Crippen LogP contribution in [-0.2, 0) is 52.0 Å². The minimum Gasteiger partial charge on any atom is -0.371 e. The van der Waals surface area contributed by atoms with Gasteiger partial charge in [0.25, 0.3) is 0 Å². The number of benzene rings is 3. The van der Waals surface area contributed by atoms with Gasteiger partial charge in [-0.25, -0.2) is 0 Å². The van der Waals surface area contributed by atoms with Crippen molar-refractivity contribution >= 4 is 97.5 Å². The van der Waals surface area contributed by atoms with Gasteiger partial charge in [-0.15, -0.1) is 47.5 Å². The van der Waals surface area contributed by atoms with Crippen LogP contribution in [0.5, 0.6) is 0 Å². The summed E-state index contributed by atoms with van der Waals surface area (Å²) in [5.74, 6) is 2.31. The maximum Gasteiger partial charge on any atom is 0.173 e. The van der Waals surface area contributed by atoms with Crippen molar-refractivity contribution in [1.82, 2.24) is 45.3 Å². The Hall–Kier alpha value is -5.81. The molecule has 3 aromatic carbocycles. The van der Waals surface area contributed by atoms with Crippen LogP contribution in [-0.4, -0.2) is 161 Å². The summed E-state index contributed by atoms with van der Waals surface area (Å²) >= 11 is 3.25. The molecule has 17 nitrogen and oxygen atoms in total. The zero-order chi connectivity index (χ0) is 67.0. The summed E-state index contributed by atoms with van der Waals surface area (Å²) in [5, 5.41) is 38.8. The molecule has 1 N–H and O–H groups in total. The summed E-state index contributed by atoms with van der Waals surface area (Å²) in [6.45, 7) is 18.3. The first-order chi connectivity index (χ1) is 47.4. The van der Waals surface area contributed by atoms with E-state index in [1.807, 2.05) is 12.1 Å². The fraction of sp³-hybridized carbons (Fsp3) is 0.603. The Kier molecular flexibility index (Phi) is 28.6. The summed E-state index contributed by atoms with van der Waals surface area (Å²) in [7, 11) is 12.8. The molecule has 0 bridgehead atoms. The van der Waals surface area contributed by atoms with E-state index in [0.29, 0.717) is 0 Å². The van der Waals surface area contributed by atoms with Crippen LogP contribution in [0, 0.1) is 40.4 Å². The number of halogens is 2. The first-order valence-corrected chi connectivity index (χ1v) is 38.6. The van der Waals surface area contributed by atoms with Crippen molar-refractivity contribution in [3.63, 3.8) is 0 Å². The SMILES string of the molecule is CN(C)Cc1c(N2CCCCC2)ccc2c(CCC3CCN(Cc4ccc(C#N)s4)CC3)noc12.CN(C)Cc1c(N2CCCCC2)ccc2c(CCC3CCN(Cc4ccc(C#N)s4)CC3)noc12.CN(C)Cc1c(N2CCCCC2)ccc2c(CCC3CCNCC3)noc12.Cl.Cl. The van der Waals surface area contributed by atoms with E-state index in [4.69, 9.17) is 24.1 Å². The normalized spacial score (nSPS) is 17.9. The maximum absolute atomic E-state index is 9.05. The second-order valence-corrected chi connectivity index (χ2v) is 31.9. The number of piperidine rings is 6. The number of aryl methyl sites for hydroxylation is 3. The van der Waals surface area contributed by atoms with Gasteiger partial charge in [0.15, 0.2) is 16.7 Å². The van der Waals surface area contributed by atoms with E-state index in [9.17, 15) is 0 Å². The van der Waals surface area contributed by atoms with Gasteiger partial charge in [-0.05, 0) is 295 Å². The molecule has 6 fully saturated rings. The van der Waals surface area contributed by atoms with Crippen LogP contribution in [0.3, 0.4) is 0 Å². The van der Waals surface area contributed by atoms with Gasteiger partial charge in [0.1, 0.15) is 21.9 Å². The van der Waals surface area contributed by atoms with Crippen LogP contribution in [0.1, 0.15) is 169 Å². The number of fused-ring (bicyclic) bond motifs is 3. The zero-order valence-corrected chi connectivity index (χ0v) is 63.3. The van der Waals surface area contributed by atoms with Crippen molar-refractivity contribution in [2.75, 3.05) is 136 Å². The van der Waals surface area contributed by atoms with E-state index in [1.165, 1.54) is 175 Å². The lowest BCUT2D eigenvalue weighted by Gasteiger charge is -2.31. The van der Waals surface area contributed by atoms with Crippen molar-refractivity contribution < 1.29 is 13.6 Å². The quantitative estimate of drug-likeness (QED) is 0.0681. The Morgan fingerprint density at radius 2 is 0.737 bits per heavy atom. The molecule has 0 amide bonds. The summed E-state index contributed by atoms with van der Waals surface area (Å²) in [4.78, 5) is 23.6. The number of hydrogen-bond donors (Lipinski definition) is 1. The lowest BCUT2D eigenvalue weighted by molar-refractivity contribution is 0.173. The van der Waals surface area contributed by atoms with E-state index in [-0.39, 0.29) is 24.8 Å². The van der Waals surface area contributed by atoms with Gasteiger partial charge in [-0.2, -0.15) is 10.5 Å². The summed E-state index contributed by atoms with van der Waals surface area (Å²) in [6, 6.07) is 26.3. The van der Waals surface area contributed by atoms with E-state index in [0.717, 1.165) is 192 Å². The van der Waals surface area contributed by atoms with E-state index in [2.05, 4.69) is 163 Å². The highest BCUT2D eigenvalue weighted by molar-refractivity contribution is 7.12. The summed E-state index contributed by atoms with van der Waals surface area (Å²) < 4.78 is 18.0. The van der Waals surface area contributed by atoms with Crippen molar-refractivity contribution in [3.05, 3.63) is 114 Å². The van der Waals surface area contributed by atoms with Crippen LogP contribution >= 0.6 is 47.5 Å². The van der Waals surface area contributed by atoms with Crippen molar-refractivity contribution in [2.45, 2.75) is 168 Å². The first-order valence-electron chi connectivity index (χ1n) is 37.0. The highest BCUT2D eigenvalue weighted by atomic mass is 35.5. The number of nitrogens with one attached hydrogen (secondary N) is 1. The molecule has 536 valence electrons. The third-order valence-electron chi connectivity index (χ3n) is 21.4. The Bertz CT molecular complexity index is 3670. The maximum atomic E-state index is 9.05. The molecule has 0 aliphatic carbocycles. The molecule has 8 aromatic rings. The Balaban J connectivity index is 0.000000161. The number of nitrogens with zero attached hydrogens (tertiary/aromatic N) is 13. The molecule has 0 atom stereocenters. The minimum absolute atomic E-state index is 0. The van der Waals surface area contributed by atoms with Crippen LogP contribution < -0.4 is 20.0 Å². The highest BCUT2D eigenvalue weighted by Crippen LogP contribution is 2.39. The average molecular weight is 1430 g/mol. The fourth-order valence-corrected chi connectivity index (χ4v) is 17.8. The van der Waals surface area contributed by atoms with E-state index in [1.54, 1.807) is 22.7 Å². The van der Waals surface area contributed by atoms with Gasteiger partial charge in [-0.3, -0.25) is 9.80 Å². The predicted octanol–water partition coefficient (Wildman–Crippen LogP) is 16.0. The number of nitriles is 2. The largest absolute Gasteiger partial charge is 0.371 e. The number of hydrogen-bond acceptors (Lipinski definition) is 19. The lowest BCUT2D eigenvalue weighted by atomic mass is 9.91. The number of anilines is 3. The molecule has 6 aliphatic heterocycles. The topological polar surface area (TPSA) is 164 Å². The number of thiophene rings is 2. The van der Waals surface area contributed by atoms with Gasteiger partial charge < -0.3 is 48.3 Å². The minimum atomic E-state index is 0. The van der Waals surface area contributed by atoms with Crippen molar-refractivity contribution in [1.29, 1.82) is 10.5 Å². The molecule has 6 saturated heterocycles. The van der Waals surface area contributed by atoms with Gasteiger partial charge in [-0.1, -0.05) is 15.5 Å². The molecular formula is C78H110Cl2N14O3S2. The molecule has 11 heterocycles. The van der Waals surface area contributed by atoms with Crippen molar-refractivity contribution in [2.24, 2.45) is 17.8 Å². The molecule has 0 unspecified atom stereocenters. The smallest absolute Gasteiger partial charge is 0.173 e. The van der Waals surface area contributed by atoms with E-state index < -0.39 is 0 Å². The molecular weight excluding hydrogens is 1320 g/mol. The second kappa shape index (κ2) is 37.4. The van der Waals surface area contributed by atoms with Gasteiger partial charge in [0.2, 0.25) is 0 Å². The van der Waals surface area contributed by atoms with Crippen LogP contribution in [0.4, 0.5) is 17.1 Å². The number of likely N-dealkylation sites (tertiary alicyclic amines) is 2. The number of rotatable bonds is 22. The molecule has 0 radical (unpaired) electrons. The molecule has 14 rings (SSSR count). The molecule has 21 heteroatoms. The summed E-state index contributed by atoms with van der Waals surface area (Å²) in [5.41, 5.74) is 14.2. The van der Waals surface area contributed by atoms with Crippen molar-refractivity contribution in [3.8, 4) is 12.1 Å². The third kappa shape index (κ3) is 20.1. The molecule has 6 aliphatic rings. The summed E-state index contributed by atoms with van der Waals surface area (Å²) in [6.07, 6.45) is 25.8. The molecule has 0 saturated carbocycles. The molecule has 5 aromatic heterocycles. The predicted molar refractivity (Wildman–Crippen MR) is 412 cm³/mol. The van der Waals surface area contributed by atoms with E-state index >= 15 is 0 Å². The van der Waals surface area contributed by atoms with Crippen LogP contribution in [0.2, 0.25) is 0 Å². The molecule has 0 spiro atoms. The average Bonchev–Trinajstić information content (AvgIpc) is 1.72. The fourth-order valence-electron chi connectivity index (χ4n) is 16.1. The van der Waals surface area contributed by atoms with Crippen LogP contribution in [0.15, 0.2) is 74.2 Å². The third-order valence-corrected chi connectivity index (χ3v) is 23.4. The Morgan fingerprint density at radius 3 is 1.03 bits per heavy atom. The van der Waals surface area contributed by atoms with Gasteiger partial charge >= 0.3 is 0 Å². The molecule has 99 heavy (non-hydrogen) atoms. The Morgan fingerprint density at radius 1 is 0.424 bits per heavy atom. The second-order valence-electron chi connectivity index (χ2n) is 29.6. The zero-order valence-electron chi connectivity index (χ0n) is 60.0. The lowest BCUT2D eigenvalue weighted by Crippen LogP contribution is -2.33. The number of aromatic nitrogens is 3. The first kappa shape index (κ1) is 75.8. The van der Waals surface area contributed by atoms with Gasteiger partial charge in [0, 0.05) is 132 Å². The van der Waals surface area contributed by atoms with Gasteiger partial charge in [0.05, 0.1) is 17.1 Å². The Labute approximate surface area is 609 Å². The monoisotopic (exact) mass is 1420 g/mol.